The first kappa shape index (κ1) is 12.3. The summed E-state index contributed by atoms with van der Waals surface area (Å²) in [7, 11) is 3.52. The van der Waals surface area contributed by atoms with Gasteiger partial charge in [0, 0.05) is 27.2 Å². The summed E-state index contributed by atoms with van der Waals surface area (Å²) < 4.78 is 5.50. The molecule has 2 heterocycles. The van der Waals surface area contributed by atoms with Crippen LogP contribution in [0.2, 0.25) is 0 Å². The topological polar surface area (TPSA) is 67.4 Å². The van der Waals surface area contributed by atoms with Crippen molar-refractivity contribution in [2.24, 2.45) is 0 Å². The lowest BCUT2D eigenvalue weighted by molar-refractivity contribution is 0.0586. The van der Waals surface area contributed by atoms with Crippen molar-refractivity contribution in [2.75, 3.05) is 32.6 Å². The van der Waals surface area contributed by atoms with Crippen LogP contribution < -0.4 is 5.32 Å². The Hall–Kier alpha value is -1.21. The second-order valence-electron chi connectivity index (χ2n) is 3.98. The van der Waals surface area contributed by atoms with Crippen molar-refractivity contribution in [3.8, 4) is 0 Å². The van der Waals surface area contributed by atoms with Gasteiger partial charge in [-0.1, -0.05) is 11.3 Å². The predicted molar refractivity (Wildman–Crippen MR) is 65.4 cm³/mol. The number of nitrogens with one attached hydrogen (secondary N) is 1. The van der Waals surface area contributed by atoms with E-state index in [1.165, 1.54) is 11.3 Å². The highest BCUT2D eigenvalue weighted by atomic mass is 32.1. The molecule has 1 atom stereocenters. The standard InChI is InChI=1S/C10H16N4O2S/c1-11-10-13-12-8(17-10)9(15)14(2)6-7-4-3-5-16-7/h7H,3-6H2,1-2H3,(H,11,13). The highest BCUT2D eigenvalue weighted by molar-refractivity contribution is 7.17. The molecule has 1 unspecified atom stereocenters. The first-order chi connectivity index (χ1) is 8.20. The summed E-state index contributed by atoms with van der Waals surface area (Å²) in [4.78, 5) is 13.7. The van der Waals surface area contributed by atoms with E-state index in [9.17, 15) is 4.79 Å². The smallest absolute Gasteiger partial charge is 0.284 e. The van der Waals surface area contributed by atoms with Crippen LogP contribution in [0.15, 0.2) is 0 Å². The van der Waals surface area contributed by atoms with Gasteiger partial charge >= 0.3 is 0 Å². The average molecular weight is 256 g/mol. The molecule has 7 heteroatoms. The maximum absolute atomic E-state index is 12.0. The molecule has 0 spiro atoms. The largest absolute Gasteiger partial charge is 0.376 e. The zero-order chi connectivity index (χ0) is 12.3. The van der Waals surface area contributed by atoms with Gasteiger partial charge in [-0.05, 0) is 12.8 Å². The zero-order valence-corrected chi connectivity index (χ0v) is 10.8. The van der Waals surface area contributed by atoms with Crippen LogP contribution in [-0.2, 0) is 4.74 Å². The van der Waals surface area contributed by atoms with Crippen molar-refractivity contribution in [1.82, 2.24) is 15.1 Å². The Balaban J connectivity index is 1.93. The van der Waals surface area contributed by atoms with Crippen molar-refractivity contribution >= 4 is 22.4 Å². The number of carbonyl (C=O) groups excluding carboxylic acids is 1. The van der Waals surface area contributed by atoms with E-state index in [0.29, 0.717) is 16.7 Å². The Labute approximate surface area is 104 Å². The Morgan fingerprint density at radius 2 is 2.47 bits per heavy atom. The van der Waals surface area contributed by atoms with Crippen molar-refractivity contribution in [3.05, 3.63) is 5.01 Å². The number of carbonyl (C=O) groups is 1. The number of hydrogen-bond acceptors (Lipinski definition) is 6. The summed E-state index contributed by atoms with van der Waals surface area (Å²) in [6.07, 6.45) is 2.27. The lowest BCUT2D eigenvalue weighted by Gasteiger charge is -2.19. The maximum Gasteiger partial charge on any atom is 0.284 e. The fraction of sp³-hybridized carbons (Fsp3) is 0.700. The first-order valence-corrected chi connectivity index (χ1v) is 6.40. The number of ether oxygens (including phenoxy) is 1. The van der Waals surface area contributed by atoms with E-state index in [2.05, 4.69) is 15.5 Å². The Kier molecular flexibility index (Phi) is 3.90. The van der Waals surface area contributed by atoms with Gasteiger partial charge in [-0.2, -0.15) is 0 Å². The SMILES string of the molecule is CNc1nnc(C(=O)N(C)CC2CCCO2)s1. The predicted octanol–water partition coefficient (Wildman–Crippen LogP) is 0.831. The molecule has 6 nitrogen and oxygen atoms in total. The fourth-order valence-corrected chi connectivity index (χ4v) is 2.44. The molecule has 0 saturated carbocycles. The van der Waals surface area contributed by atoms with Gasteiger partial charge < -0.3 is 15.0 Å². The summed E-state index contributed by atoms with van der Waals surface area (Å²) in [6, 6.07) is 0. The van der Waals surface area contributed by atoms with E-state index >= 15 is 0 Å². The highest BCUT2D eigenvalue weighted by Crippen LogP contribution is 2.17. The van der Waals surface area contributed by atoms with Gasteiger partial charge in [0.05, 0.1) is 6.10 Å². The number of anilines is 1. The molecule has 94 valence electrons. The first-order valence-electron chi connectivity index (χ1n) is 5.59. The monoisotopic (exact) mass is 256 g/mol. The molecule has 0 radical (unpaired) electrons. The summed E-state index contributed by atoms with van der Waals surface area (Å²) in [5.74, 6) is -0.0977. The van der Waals surface area contributed by atoms with Crippen LogP contribution in [0, 0.1) is 0 Å². The molecular formula is C10H16N4O2S. The van der Waals surface area contributed by atoms with Gasteiger partial charge in [0.15, 0.2) is 0 Å². The molecule has 1 aromatic rings. The van der Waals surface area contributed by atoms with Crippen LogP contribution >= 0.6 is 11.3 Å². The minimum absolute atomic E-state index is 0.0977. The van der Waals surface area contributed by atoms with Gasteiger partial charge in [0.25, 0.3) is 5.91 Å². The Bertz CT molecular complexity index is 389. The molecule has 1 aliphatic rings. The highest BCUT2D eigenvalue weighted by Gasteiger charge is 2.22. The molecule has 1 amide bonds. The van der Waals surface area contributed by atoms with Crippen LogP contribution in [-0.4, -0.2) is 54.4 Å². The van der Waals surface area contributed by atoms with Crippen molar-refractivity contribution in [2.45, 2.75) is 18.9 Å². The lowest BCUT2D eigenvalue weighted by atomic mass is 10.2. The second-order valence-corrected chi connectivity index (χ2v) is 4.96. The van der Waals surface area contributed by atoms with Crippen LogP contribution in [0.4, 0.5) is 5.13 Å². The Morgan fingerprint density at radius 3 is 3.06 bits per heavy atom. The summed E-state index contributed by atoms with van der Waals surface area (Å²) in [6.45, 7) is 1.42. The molecule has 0 bridgehead atoms. The van der Waals surface area contributed by atoms with E-state index in [1.54, 1.807) is 19.0 Å². The van der Waals surface area contributed by atoms with E-state index in [0.717, 1.165) is 19.4 Å². The van der Waals surface area contributed by atoms with Gasteiger partial charge in [0.2, 0.25) is 10.1 Å². The number of rotatable bonds is 4. The van der Waals surface area contributed by atoms with Gasteiger partial charge in [-0.15, -0.1) is 10.2 Å². The molecular weight excluding hydrogens is 240 g/mol. The van der Waals surface area contributed by atoms with Gasteiger partial charge in [-0.3, -0.25) is 4.79 Å². The van der Waals surface area contributed by atoms with Gasteiger partial charge in [0.1, 0.15) is 0 Å². The minimum atomic E-state index is -0.0977. The maximum atomic E-state index is 12.0. The molecule has 1 aliphatic heterocycles. The van der Waals surface area contributed by atoms with E-state index in [4.69, 9.17) is 4.74 Å². The second kappa shape index (κ2) is 5.42. The summed E-state index contributed by atoms with van der Waals surface area (Å²) >= 11 is 1.26. The fourth-order valence-electron chi connectivity index (χ4n) is 1.75. The minimum Gasteiger partial charge on any atom is -0.376 e. The van der Waals surface area contributed by atoms with Crippen LogP contribution in [0.1, 0.15) is 22.6 Å². The van der Waals surface area contributed by atoms with Gasteiger partial charge in [-0.25, -0.2) is 0 Å². The molecule has 1 N–H and O–H groups in total. The summed E-state index contributed by atoms with van der Waals surface area (Å²) in [5, 5.41) is 11.6. The van der Waals surface area contributed by atoms with Crippen LogP contribution in [0.25, 0.3) is 0 Å². The summed E-state index contributed by atoms with van der Waals surface area (Å²) in [5.41, 5.74) is 0. The van der Waals surface area contributed by atoms with Crippen molar-refractivity contribution in [1.29, 1.82) is 0 Å². The van der Waals surface area contributed by atoms with E-state index in [1.807, 2.05) is 0 Å². The molecule has 0 aromatic carbocycles. The third-order valence-electron chi connectivity index (χ3n) is 2.67. The van der Waals surface area contributed by atoms with Crippen LogP contribution in [0.3, 0.4) is 0 Å². The van der Waals surface area contributed by atoms with E-state index in [-0.39, 0.29) is 12.0 Å². The number of amides is 1. The third kappa shape index (κ3) is 2.92. The third-order valence-corrected chi connectivity index (χ3v) is 3.60. The lowest BCUT2D eigenvalue weighted by Crippen LogP contribution is -2.34. The molecule has 1 saturated heterocycles. The zero-order valence-electron chi connectivity index (χ0n) is 9.97. The molecule has 1 fully saturated rings. The molecule has 1 aromatic heterocycles. The van der Waals surface area contributed by atoms with Crippen molar-refractivity contribution in [3.63, 3.8) is 0 Å². The molecule has 2 rings (SSSR count). The quantitative estimate of drug-likeness (QED) is 0.864. The van der Waals surface area contributed by atoms with Crippen molar-refractivity contribution < 1.29 is 9.53 Å². The molecule has 0 aliphatic carbocycles. The van der Waals surface area contributed by atoms with Crippen LogP contribution in [0.5, 0.6) is 0 Å². The number of likely N-dealkylation sites (N-methyl/N-ethyl adjacent to an activating group) is 1. The number of nitrogens with zero attached hydrogens (tertiary/aromatic N) is 3. The molecule has 17 heavy (non-hydrogen) atoms. The number of aromatic nitrogens is 2. The number of hydrogen-bond donors (Lipinski definition) is 1. The average Bonchev–Trinajstić information content (AvgIpc) is 2.98. The Morgan fingerprint density at radius 1 is 1.65 bits per heavy atom. The van der Waals surface area contributed by atoms with E-state index < -0.39 is 0 Å². The normalized spacial score (nSPS) is 19.3.